The Balaban J connectivity index is 1.92. The molecule has 4 heteroatoms. The van der Waals surface area contributed by atoms with Crippen molar-refractivity contribution in [2.75, 3.05) is 31.2 Å². The third kappa shape index (κ3) is 3.22. The summed E-state index contributed by atoms with van der Waals surface area (Å²) < 4.78 is 5.57. The number of ether oxygens (including phenoxy) is 1. The Labute approximate surface area is 108 Å². The fourth-order valence-corrected chi connectivity index (χ4v) is 2.47. The predicted molar refractivity (Wildman–Crippen MR) is 72.6 cm³/mol. The van der Waals surface area contributed by atoms with E-state index in [2.05, 4.69) is 23.1 Å². The highest BCUT2D eigenvalue weighted by atomic mass is 16.5. The predicted octanol–water partition coefficient (Wildman–Crippen LogP) is 1.12. The maximum Gasteiger partial charge on any atom is 0.0701 e. The zero-order valence-electron chi connectivity index (χ0n) is 10.7. The van der Waals surface area contributed by atoms with E-state index in [0.29, 0.717) is 19.3 Å². The molecule has 1 heterocycles. The first-order valence-electron chi connectivity index (χ1n) is 6.60. The molecule has 1 aliphatic rings. The number of piperidine rings is 1. The number of aliphatic hydroxyl groups excluding tert-OH is 1. The van der Waals surface area contributed by atoms with Crippen LogP contribution in [0.1, 0.15) is 18.4 Å². The second-order valence-corrected chi connectivity index (χ2v) is 4.61. The van der Waals surface area contributed by atoms with Gasteiger partial charge in [0.15, 0.2) is 0 Å². The molecule has 0 spiro atoms. The van der Waals surface area contributed by atoms with Gasteiger partial charge in [-0.25, -0.2) is 0 Å². The molecular formula is C14H22N2O2. The topological polar surface area (TPSA) is 58.7 Å². The lowest BCUT2D eigenvalue weighted by Crippen LogP contribution is -2.38. The summed E-state index contributed by atoms with van der Waals surface area (Å²) in [6.45, 7) is 3.12. The summed E-state index contributed by atoms with van der Waals surface area (Å²) in [7, 11) is 0. The first kappa shape index (κ1) is 13.3. The van der Waals surface area contributed by atoms with E-state index in [-0.39, 0.29) is 6.61 Å². The van der Waals surface area contributed by atoms with Gasteiger partial charge >= 0.3 is 0 Å². The normalized spacial score (nSPS) is 17.1. The molecule has 1 aromatic rings. The SMILES string of the molecule is NCc1ccccc1N1CCC(OCCO)CC1. The van der Waals surface area contributed by atoms with Crippen molar-refractivity contribution < 1.29 is 9.84 Å². The van der Waals surface area contributed by atoms with E-state index in [1.165, 1.54) is 11.3 Å². The second kappa shape index (κ2) is 6.73. The Bertz CT molecular complexity index is 363. The smallest absolute Gasteiger partial charge is 0.0701 e. The van der Waals surface area contributed by atoms with Gasteiger partial charge in [0.05, 0.1) is 19.3 Å². The molecule has 0 bridgehead atoms. The van der Waals surface area contributed by atoms with Crippen LogP contribution in [0.5, 0.6) is 0 Å². The molecule has 2 rings (SSSR count). The lowest BCUT2D eigenvalue weighted by atomic mass is 10.0. The molecule has 1 saturated heterocycles. The van der Waals surface area contributed by atoms with Gasteiger partial charge in [0.1, 0.15) is 0 Å². The quantitative estimate of drug-likeness (QED) is 0.822. The summed E-state index contributed by atoms with van der Waals surface area (Å²) >= 11 is 0. The molecule has 0 aromatic heterocycles. The molecule has 0 aliphatic carbocycles. The van der Waals surface area contributed by atoms with Crippen LogP contribution in [-0.2, 0) is 11.3 Å². The molecule has 0 unspecified atom stereocenters. The highest BCUT2D eigenvalue weighted by Crippen LogP contribution is 2.24. The maximum absolute atomic E-state index is 8.75. The number of nitrogens with zero attached hydrogens (tertiary/aromatic N) is 1. The highest BCUT2D eigenvalue weighted by Gasteiger charge is 2.20. The zero-order chi connectivity index (χ0) is 12.8. The number of hydrogen-bond acceptors (Lipinski definition) is 4. The Kier molecular flexibility index (Phi) is 4.99. The minimum atomic E-state index is 0.107. The van der Waals surface area contributed by atoms with Gasteiger partial charge in [-0.1, -0.05) is 18.2 Å². The van der Waals surface area contributed by atoms with Crippen LogP contribution in [0, 0.1) is 0 Å². The molecule has 0 saturated carbocycles. The van der Waals surface area contributed by atoms with Crippen LogP contribution in [0.15, 0.2) is 24.3 Å². The Morgan fingerprint density at radius 2 is 2.00 bits per heavy atom. The standard InChI is InChI=1S/C14H22N2O2/c15-11-12-3-1-2-4-14(12)16-7-5-13(6-8-16)18-10-9-17/h1-4,13,17H,5-11,15H2. The minimum Gasteiger partial charge on any atom is -0.394 e. The van der Waals surface area contributed by atoms with Gasteiger partial charge in [0.25, 0.3) is 0 Å². The molecule has 0 atom stereocenters. The van der Waals surface area contributed by atoms with Crippen LogP contribution in [-0.4, -0.2) is 37.5 Å². The summed E-state index contributed by atoms with van der Waals surface area (Å²) in [5.74, 6) is 0. The zero-order valence-corrected chi connectivity index (χ0v) is 10.7. The van der Waals surface area contributed by atoms with Crippen LogP contribution in [0.2, 0.25) is 0 Å². The number of para-hydroxylation sites is 1. The number of anilines is 1. The minimum absolute atomic E-state index is 0.107. The number of benzene rings is 1. The van der Waals surface area contributed by atoms with E-state index >= 15 is 0 Å². The fourth-order valence-electron chi connectivity index (χ4n) is 2.47. The van der Waals surface area contributed by atoms with E-state index in [9.17, 15) is 0 Å². The van der Waals surface area contributed by atoms with Crippen molar-refractivity contribution >= 4 is 5.69 Å². The van der Waals surface area contributed by atoms with Gasteiger partial charge in [0, 0.05) is 25.3 Å². The molecule has 18 heavy (non-hydrogen) atoms. The lowest BCUT2D eigenvalue weighted by molar-refractivity contribution is 0.0159. The average molecular weight is 250 g/mol. The van der Waals surface area contributed by atoms with Crippen LogP contribution in [0.4, 0.5) is 5.69 Å². The first-order chi connectivity index (χ1) is 8.85. The van der Waals surface area contributed by atoms with E-state index in [1.54, 1.807) is 0 Å². The van der Waals surface area contributed by atoms with E-state index in [4.69, 9.17) is 15.6 Å². The molecular weight excluding hydrogens is 228 g/mol. The summed E-state index contributed by atoms with van der Waals surface area (Å²) in [5.41, 5.74) is 8.22. The second-order valence-electron chi connectivity index (χ2n) is 4.61. The third-order valence-corrected chi connectivity index (χ3v) is 3.44. The van der Waals surface area contributed by atoms with Crippen molar-refractivity contribution in [3.8, 4) is 0 Å². The average Bonchev–Trinajstić information content (AvgIpc) is 2.45. The van der Waals surface area contributed by atoms with Crippen LogP contribution < -0.4 is 10.6 Å². The van der Waals surface area contributed by atoms with Crippen molar-refractivity contribution in [1.82, 2.24) is 0 Å². The van der Waals surface area contributed by atoms with E-state index in [0.717, 1.165) is 25.9 Å². The molecule has 1 aromatic carbocycles. The Hall–Kier alpha value is -1.10. The fraction of sp³-hybridized carbons (Fsp3) is 0.571. The van der Waals surface area contributed by atoms with Gasteiger partial charge in [-0.05, 0) is 24.5 Å². The summed E-state index contributed by atoms with van der Waals surface area (Å²) in [6, 6.07) is 8.31. The van der Waals surface area contributed by atoms with Crippen LogP contribution in [0.3, 0.4) is 0 Å². The van der Waals surface area contributed by atoms with Crippen molar-refractivity contribution in [3.63, 3.8) is 0 Å². The molecule has 3 N–H and O–H groups in total. The monoisotopic (exact) mass is 250 g/mol. The first-order valence-corrected chi connectivity index (χ1v) is 6.60. The van der Waals surface area contributed by atoms with E-state index in [1.807, 2.05) is 6.07 Å². The molecule has 0 radical (unpaired) electrons. The number of aliphatic hydroxyl groups is 1. The molecule has 4 nitrogen and oxygen atoms in total. The van der Waals surface area contributed by atoms with Crippen molar-refractivity contribution in [1.29, 1.82) is 0 Å². The number of rotatable bonds is 5. The number of hydrogen-bond donors (Lipinski definition) is 2. The van der Waals surface area contributed by atoms with Crippen LogP contribution in [0.25, 0.3) is 0 Å². The van der Waals surface area contributed by atoms with Gasteiger partial charge in [-0.2, -0.15) is 0 Å². The van der Waals surface area contributed by atoms with Gasteiger partial charge < -0.3 is 20.5 Å². The maximum atomic E-state index is 8.75. The van der Waals surface area contributed by atoms with Crippen molar-refractivity contribution in [3.05, 3.63) is 29.8 Å². The van der Waals surface area contributed by atoms with Crippen LogP contribution >= 0.6 is 0 Å². The van der Waals surface area contributed by atoms with Gasteiger partial charge in [0.2, 0.25) is 0 Å². The van der Waals surface area contributed by atoms with E-state index < -0.39 is 0 Å². The lowest BCUT2D eigenvalue weighted by Gasteiger charge is -2.34. The van der Waals surface area contributed by atoms with Crippen molar-refractivity contribution in [2.24, 2.45) is 5.73 Å². The summed E-state index contributed by atoms with van der Waals surface area (Å²) in [5, 5.41) is 8.75. The van der Waals surface area contributed by atoms with Gasteiger partial charge in [-0.3, -0.25) is 0 Å². The largest absolute Gasteiger partial charge is 0.394 e. The molecule has 0 amide bonds. The Morgan fingerprint density at radius 1 is 1.28 bits per heavy atom. The highest BCUT2D eigenvalue weighted by molar-refractivity contribution is 5.53. The van der Waals surface area contributed by atoms with Gasteiger partial charge in [-0.15, -0.1) is 0 Å². The molecule has 1 fully saturated rings. The Morgan fingerprint density at radius 3 is 2.67 bits per heavy atom. The van der Waals surface area contributed by atoms with Crippen molar-refractivity contribution in [2.45, 2.75) is 25.5 Å². The summed E-state index contributed by atoms with van der Waals surface area (Å²) in [6.07, 6.45) is 2.32. The summed E-state index contributed by atoms with van der Waals surface area (Å²) in [4.78, 5) is 2.38. The molecule has 100 valence electrons. The third-order valence-electron chi connectivity index (χ3n) is 3.44. The number of nitrogens with two attached hydrogens (primary N) is 1. The molecule has 1 aliphatic heterocycles.